The second kappa shape index (κ2) is 11.6. The molecule has 0 amide bonds. The van der Waals surface area contributed by atoms with Crippen LogP contribution in [0.4, 0.5) is 5.69 Å². The third-order valence-corrected chi connectivity index (χ3v) is 6.77. The number of para-hydroxylation sites is 1. The van der Waals surface area contributed by atoms with E-state index in [0.29, 0.717) is 46.1 Å². The second-order valence-corrected chi connectivity index (χ2v) is 9.29. The molecule has 8 heteroatoms. The monoisotopic (exact) mass is 516 g/mol. The molecule has 0 bridgehead atoms. The van der Waals surface area contributed by atoms with E-state index in [9.17, 15) is 9.90 Å². The van der Waals surface area contributed by atoms with Crippen molar-refractivity contribution in [1.82, 2.24) is 4.90 Å². The molecular formula is C30H32N2O6. The zero-order chi connectivity index (χ0) is 26.5. The van der Waals surface area contributed by atoms with Crippen molar-refractivity contribution in [3.05, 3.63) is 83.0 Å². The highest BCUT2D eigenvalue weighted by Crippen LogP contribution is 2.33. The Bertz CT molecular complexity index is 1430. The van der Waals surface area contributed by atoms with Crippen LogP contribution in [0.2, 0.25) is 0 Å². The van der Waals surface area contributed by atoms with Crippen LogP contribution >= 0.6 is 0 Å². The number of aliphatic hydroxyl groups excluding tert-OH is 1. The molecule has 0 aliphatic carbocycles. The largest absolute Gasteiger partial charge is 0.493 e. The maximum absolute atomic E-state index is 12.8. The van der Waals surface area contributed by atoms with E-state index in [1.165, 1.54) is 11.8 Å². The molecule has 0 spiro atoms. The van der Waals surface area contributed by atoms with Crippen molar-refractivity contribution in [2.45, 2.75) is 6.10 Å². The van der Waals surface area contributed by atoms with Crippen LogP contribution in [0.15, 0.2) is 82.0 Å². The lowest BCUT2D eigenvalue weighted by molar-refractivity contribution is 0.0663. The molecule has 1 aliphatic heterocycles. The molecule has 2 heterocycles. The number of nitrogens with zero attached hydrogens (tertiary/aromatic N) is 2. The van der Waals surface area contributed by atoms with Gasteiger partial charge in [0.2, 0.25) is 0 Å². The molecule has 1 unspecified atom stereocenters. The predicted octanol–water partition coefficient (Wildman–Crippen LogP) is 4.04. The molecule has 8 nitrogen and oxygen atoms in total. The third kappa shape index (κ3) is 5.77. The fourth-order valence-corrected chi connectivity index (χ4v) is 4.73. The summed E-state index contributed by atoms with van der Waals surface area (Å²) in [6, 6.07) is 22.3. The van der Waals surface area contributed by atoms with Crippen molar-refractivity contribution in [2.75, 3.05) is 58.5 Å². The SMILES string of the molecule is COc1ccc(-c2cc(=O)c3ccc(OCC(O)CN4CCN(c5ccccc5)CC4)cc3o2)cc1OC. The van der Waals surface area contributed by atoms with E-state index in [4.69, 9.17) is 18.6 Å². The highest BCUT2D eigenvalue weighted by Gasteiger charge is 2.20. The molecule has 1 fully saturated rings. The fourth-order valence-electron chi connectivity index (χ4n) is 4.73. The van der Waals surface area contributed by atoms with Crippen LogP contribution < -0.4 is 24.5 Å². The second-order valence-electron chi connectivity index (χ2n) is 9.29. The first-order valence-electron chi connectivity index (χ1n) is 12.7. The molecule has 4 aromatic rings. The van der Waals surface area contributed by atoms with E-state index in [0.717, 1.165) is 26.2 Å². The highest BCUT2D eigenvalue weighted by atomic mass is 16.5. The number of ether oxygens (including phenoxy) is 3. The normalized spacial score (nSPS) is 14.9. The number of rotatable bonds is 9. The molecule has 1 aliphatic rings. The van der Waals surface area contributed by atoms with Crippen LogP contribution in [0.3, 0.4) is 0 Å². The summed E-state index contributed by atoms with van der Waals surface area (Å²) in [7, 11) is 3.12. The minimum atomic E-state index is -0.640. The number of hydrogen-bond acceptors (Lipinski definition) is 8. The number of methoxy groups -OCH3 is 2. The zero-order valence-corrected chi connectivity index (χ0v) is 21.6. The van der Waals surface area contributed by atoms with Crippen LogP contribution in [0.1, 0.15) is 0 Å². The van der Waals surface area contributed by atoms with Crippen molar-refractivity contribution in [3.8, 4) is 28.6 Å². The highest BCUT2D eigenvalue weighted by molar-refractivity contribution is 5.80. The molecule has 5 rings (SSSR count). The molecule has 3 aromatic carbocycles. The van der Waals surface area contributed by atoms with Gasteiger partial charge in [-0.25, -0.2) is 0 Å². The van der Waals surface area contributed by atoms with E-state index in [2.05, 4.69) is 34.1 Å². The van der Waals surface area contributed by atoms with E-state index >= 15 is 0 Å². The first-order valence-corrected chi connectivity index (χ1v) is 12.7. The van der Waals surface area contributed by atoms with Gasteiger partial charge in [-0.3, -0.25) is 9.69 Å². The number of aliphatic hydroxyl groups is 1. The standard InChI is InChI=1S/C30H32N2O6/c1-35-27-11-8-21(16-30(27)36-2)28-18-26(34)25-10-9-24(17-29(25)38-28)37-20-23(33)19-31-12-14-32(15-13-31)22-6-4-3-5-7-22/h3-11,16-18,23,33H,12-15,19-20H2,1-2H3. The first-order chi connectivity index (χ1) is 18.5. The van der Waals surface area contributed by atoms with Crippen LogP contribution in [0.25, 0.3) is 22.3 Å². The maximum atomic E-state index is 12.8. The summed E-state index contributed by atoms with van der Waals surface area (Å²) in [5, 5.41) is 11.1. The Balaban J connectivity index is 1.22. The molecular weight excluding hydrogens is 484 g/mol. The summed E-state index contributed by atoms with van der Waals surface area (Å²) in [5.74, 6) is 2.07. The van der Waals surface area contributed by atoms with E-state index in [1.807, 2.05) is 12.1 Å². The fraction of sp³-hybridized carbons (Fsp3) is 0.300. The number of β-amino-alcohol motifs (C(OH)–C–C–N with tert-alkyl or cyclic N) is 1. The molecule has 198 valence electrons. The Morgan fingerprint density at radius 1 is 0.895 bits per heavy atom. The van der Waals surface area contributed by atoms with Crippen molar-refractivity contribution < 1.29 is 23.7 Å². The Labute approximate surface area is 221 Å². The number of fused-ring (bicyclic) bond motifs is 1. The minimum absolute atomic E-state index is 0.143. The van der Waals surface area contributed by atoms with Gasteiger partial charge in [-0.1, -0.05) is 18.2 Å². The zero-order valence-electron chi connectivity index (χ0n) is 21.6. The van der Waals surface area contributed by atoms with Gasteiger partial charge < -0.3 is 28.6 Å². The smallest absolute Gasteiger partial charge is 0.193 e. The van der Waals surface area contributed by atoms with Gasteiger partial charge in [-0.15, -0.1) is 0 Å². The molecule has 1 atom stereocenters. The first kappa shape index (κ1) is 25.6. The van der Waals surface area contributed by atoms with Gasteiger partial charge in [0.05, 0.1) is 19.6 Å². The van der Waals surface area contributed by atoms with Gasteiger partial charge in [-0.2, -0.15) is 0 Å². The van der Waals surface area contributed by atoms with Gasteiger partial charge in [0.25, 0.3) is 0 Å². The summed E-state index contributed by atoms with van der Waals surface area (Å²) < 4.78 is 22.6. The Morgan fingerprint density at radius 3 is 2.39 bits per heavy atom. The average Bonchev–Trinajstić information content (AvgIpc) is 2.96. The van der Waals surface area contributed by atoms with Crippen LogP contribution in [-0.2, 0) is 0 Å². The lowest BCUT2D eigenvalue weighted by Crippen LogP contribution is -2.49. The predicted molar refractivity (Wildman–Crippen MR) is 148 cm³/mol. The summed E-state index contributed by atoms with van der Waals surface area (Å²) in [4.78, 5) is 17.4. The van der Waals surface area contributed by atoms with Crippen LogP contribution in [0, 0.1) is 0 Å². The van der Waals surface area contributed by atoms with Crippen molar-refractivity contribution in [1.29, 1.82) is 0 Å². The maximum Gasteiger partial charge on any atom is 0.193 e. The van der Waals surface area contributed by atoms with Crippen LogP contribution in [0.5, 0.6) is 17.2 Å². The summed E-state index contributed by atoms with van der Waals surface area (Å²) in [6.45, 7) is 4.28. The van der Waals surface area contributed by atoms with Crippen LogP contribution in [-0.4, -0.2) is 69.7 Å². The minimum Gasteiger partial charge on any atom is -0.493 e. The number of anilines is 1. The van der Waals surface area contributed by atoms with Crippen molar-refractivity contribution in [3.63, 3.8) is 0 Å². The number of hydrogen-bond donors (Lipinski definition) is 1. The number of benzene rings is 3. The van der Waals surface area contributed by atoms with Crippen molar-refractivity contribution >= 4 is 16.7 Å². The van der Waals surface area contributed by atoms with E-state index < -0.39 is 6.10 Å². The summed E-state index contributed by atoms with van der Waals surface area (Å²) in [5.41, 5.74) is 2.17. The Morgan fingerprint density at radius 2 is 1.66 bits per heavy atom. The topological polar surface area (TPSA) is 84.6 Å². The van der Waals surface area contributed by atoms with E-state index in [1.54, 1.807) is 44.6 Å². The van der Waals surface area contributed by atoms with Crippen molar-refractivity contribution in [2.24, 2.45) is 0 Å². The third-order valence-electron chi connectivity index (χ3n) is 6.77. The molecule has 1 N–H and O–H groups in total. The molecule has 0 radical (unpaired) electrons. The Kier molecular flexibility index (Phi) is 7.81. The molecule has 0 saturated carbocycles. The van der Waals surface area contributed by atoms with Gasteiger partial charge >= 0.3 is 0 Å². The number of piperazine rings is 1. The van der Waals surface area contributed by atoms with Gasteiger partial charge in [0, 0.05) is 56.1 Å². The molecule has 38 heavy (non-hydrogen) atoms. The van der Waals surface area contributed by atoms with Gasteiger partial charge in [0.15, 0.2) is 16.9 Å². The van der Waals surface area contributed by atoms with E-state index in [-0.39, 0.29) is 12.0 Å². The average molecular weight is 517 g/mol. The van der Waals surface area contributed by atoms with Gasteiger partial charge in [-0.05, 0) is 42.5 Å². The quantitative estimate of drug-likeness (QED) is 0.357. The Hall–Kier alpha value is -4.01. The molecule has 1 aromatic heterocycles. The van der Waals surface area contributed by atoms with Gasteiger partial charge in [0.1, 0.15) is 29.8 Å². The summed E-state index contributed by atoms with van der Waals surface area (Å²) in [6.07, 6.45) is -0.640. The molecule has 1 saturated heterocycles. The summed E-state index contributed by atoms with van der Waals surface area (Å²) >= 11 is 0. The lowest BCUT2D eigenvalue weighted by atomic mass is 10.1. The lowest BCUT2D eigenvalue weighted by Gasteiger charge is -2.36.